The van der Waals surface area contributed by atoms with Gasteiger partial charge in [-0.2, -0.15) is 0 Å². The third-order valence-corrected chi connectivity index (χ3v) is 4.70. The van der Waals surface area contributed by atoms with Gasteiger partial charge in [0.2, 0.25) is 0 Å². The number of rotatable bonds is 6. The van der Waals surface area contributed by atoms with Crippen LogP contribution in [0.5, 0.6) is 5.75 Å². The van der Waals surface area contributed by atoms with Gasteiger partial charge in [-0.25, -0.2) is 4.39 Å². The highest BCUT2D eigenvalue weighted by molar-refractivity contribution is 8.18. The third-order valence-electron chi connectivity index (χ3n) is 3.79. The van der Waals surface area contributed by atoms with Gasteiger partial charge in [0.05, 0.1) is 18.1 Å². The maximum Gasteiger partial charge on any atom is 0.293 e. The Morgan fingerprint density at radius 2 is 1.85 bits per heavy atom. The highest BCUT2D eigenvalue weighted by atomic mass is 32.2. The van der Waals surface area contributed by atoms with Crippen molar-refractivity contribution in [2.75, 3.05) is 6.61 Å². The van der Waals surface area contributed by atoms with Crippen molar-refractivity contribution in [3.8, 4) is 5.75 Å². The van der Waals surface area contributed by atoms with Crippen LogP contribution in [-0.2, 0) is 11.3 Å². The molecule has 1 aliphatic rings. The molecule has 1 fully saturated rings. The van der Waals surface area contributed by atoms with Gasteiger partial charge in [-0.15, -0.1) is 0 Å². The molecule has 2 aromatic carbocycles. The predicted octanol–water partition coefficient (Wildman–Crippen LogP) is 4.85. The smallest absolute Gasteiger partial charge is 0.293 e. The van der Waals surface area contributed by atoms with Crippen LogP contribution in [0.3, 0.4) is 0 Å². The largest absolute Gasteiger partial charge is 0.493 e. The number of imide groups is 1. The number of halogens is 1. The molecule has 4 nitrogen and oxygen atoms in total. The normalized spacial score (nSPS) is 15.8. The molecule has 3 rings (SSSR count). The van der Waals surface area contributed by atoms with Crippen LogP contribution in [0.2, 0.25) is 0 Å². The molecule has 0 radical (unpaired) electrons. The molecule has 0 unspecified atom stereocenters. The highest BCUT2D eigenvalue weighted by Gasteiger charge is 2.35. The van der Waals surface area contributed by atoms with Crippen LogP contribution >= 0.6 is 11.8 Å². The number of carbonyl (C=O) groups excluding carboxylic acids is 2. The molecule has 0 spiro atoms. The number of thioether (sulfide) groups is 1. The lowest BCUT2D eigenvalue weighted by molar-refractivity contribution is -0.123. The van der Waals surface area contributed by atoms with E-state index < -0.39 is 0 Å². The lowest BCUT2D eigenvalue weighted by Crippen LogP contribution is -2.27. The third kappa shape index (κ3) is 4.14. The van der Waals surface area contributed by atoms with E-state index in [4.69, 9.17) is 4.74 Å². The number of benzene rings is 2. The van der Waals surface area contributed by atoms with Crippen molar-refractivity contribution in [3.63, 3.8) is 0 Å². The van der Waals surface area contributed by atoms with Crippen molar-refractivity contribution in [1.29, 1.82) is 0 Å². The summed E-state index contributed by atoms with van der Waals surface area (Å²) in [4.78, 5) is 26.4. The summed E-state index contributed by atoms with van der Waals surface area (Å²) in [6.45, 7) is 2.72. The van der Waals surface area contributed by atoms with Gasteiger partial charge in [-0.05, 0) is 48.0 Å². The van der Waals surface area contributed by atoms with Gasteiger partial charge in [0, 0.05) is 5.56 Å². The fourth-order valence-corrected chi connectivity index (χ4v) is 3.32. The van der Waals surface area contributed by atoms with Crippen LogP contribution in [0.1, 0.15) is 24.5 Å². The second-order valence-electron chi connectivity index (χ2n) is 5.78. The summed E-state index contributed by atoms with van der Waals surface area (Å²) in [6.07, 6.45) is 2.56. The lowest BCUT2D eigenvalue weighted by Gasteiger charge is -2.12. The number of amides is 2. The molecular formula is C20H18FNO3S. The minimum absolute atomic E-state index is 0.121. The predicted molar refractivity (Wildman–Crippen MR) is 100 cm³/mol. The Bertz CT molecular complexity index is 848. The molecule has 1 saturated heterocycles. The fourth-order valence-electron chi connectivity index (χ4n) is 2.49. The quantitative estimate of drug-likeness (QED) is 0.681. The maximum absolute atomic E-state index is 13.0. The summed E-state index contributed by atoms with van der Waals surface area (Å²) in [5, 5.41) is -0.336. The molecule has 1 aliphatic heterocycles. The maximum atomic E-state index is 13.0. The van der Waals surface area contributed by atoms with Gasteiger partial charge < -0.3 is 4.74 Å². The van der Waals surface area contributed by atoms with Crippen molar-refractivity contribution in [1.82, 2.24) is 4.90 Å². The van der Waals surface area contributed by atoms with E-state index in [1.165, 1.54) is 17.0 Å². The first-order valence-corrected chi connectivity index (χ1v) is 9.11. The second kappa shape index (κ2) is 8.19. The van der Waals surface area contributed by atoms with Gasteiger partial charge in [-0.1, -0.05) is 37.3 Å². The van der Waals surface area contributed by atoms with E-state index in [-0.39, 0.29) is 23.5 Å². The molecule has 1 heterocycles. The first kappa shape index (κ1) is 18.2. The van der Waals surface area contributed by atoms with Gasteiger partial charge in [0.15, 0.2) is 0 Å². The molecule has 0 aromatic heterocycles. The summed E-state index contributed by atoms with van der Waals surface area (Å²) < 4.78 is 18.7. The standard InChI is InChI=1S/C20H18FNO3S/c1-2-11-25-17-6-4-3-5-15(17)12-18-19(23)22(20(24)26-18)13-14-7-9-16(21)10-8-14/h3-10,12H,2,11,13H2,1H3/b18-12+. The Hall–Kier alpha value is -2.60. The van der Waals surface area contributed by atoms with Crippen molar-refractivity contribution < 1.29 is 18.7 Å². The monoisotopic (exact) mass is 371 g/mol. The van der Waals surface area contributed by atoms with E-state index in [0.29, 0.717) is 22.8 Å². The molecule has 0 saturated carbocycles. The van der Waals surface area contributed by atoms with E-state index >= 15 is 0 Å². The number of para-hydroxylation sites is 1. The van der Waals surface area contributed by atoms with Crippen LogP contribution in [0, 0.1) is 5.82 Å². The SMILES string of the molecule is CCCOc1ccccc1/C=C1/SC(=O)N(Cc2ccc(F)cc2)C1=O. The summed E-state index contributed by atoms with van der Waals surface area (Å²) >= 11 is 0.900. The summed E-state index contributed by atoms with van der Waals surface area (Å²) in [7, 11) is 0. The molecular weight excluding hydrogens is 353 g/mol. The van der Waals surface area contributed by atoms with E-state index in [1.54, 1.807) is 18.2 Å². The number of nitrogens with zero attached hydrogens (tertiary/aromatic N) is 1. The van der Waals surface area contributed by atoms with E-state index in [1.807, 2.05) is 31.2 Å². The molecule has 0 bridgehead atoms. The van der Waals surface area contributed by atoms with Gasteiger partial charge in [0.25, 0.3) is 11.1 Å². The Morgan fingerprint density at radius 1 is 1.12 bits per heavy atom. The molecule has 0 N–H and O–H groups in total. The summed E-state index contributed by atoms with van der Waals surface area (Å²) in [5.41, 5.74) is 1.45. The Labute approximate surface area is 155 Å². The van der Waals surface area contributed by atoms with E-state index in [2.05, 4.69) is 0 Å². The molecule has 26 heavy (non-hydrogen) atoms. The van der Waals surface area contributed by atoms with Crippen LogP contribution in [-0.4, -0.2) is 22.7 Å². The first-order chi connectivity index (χ1) is 12.6. The van der Waals surface area contributed by atoms with Crippen LogP contribution in [0.15, 0.2) is 53.4 Å². The van der Waals surface area contributed by atoms with Crippen molar-refractivity contribution in [3.05, 3.63) is 70.4 Å². The lowest BCUT2D eigenvalue weighted by atomic mass is 10.1. The number of hydrogen-bond donors (Lipinski definition) is 0. The zero-order chi connectivity index (χ0) is 18.5. The minimum Gasteiger partial charge on any atom is -0.493 e. The average molecular weight is 371 g/mol. The van der Waals surface area contributed by atoms with E-state index in [0.717, 1.165) is 23.7 Å². The molecule has 0 atom stereocenters. The number of carbonyl (C=O) groups is 2. The molecule has 0 aliphatic carbocycles. The van der Waals surface area contributed by atoms with Gasteiger partial charge >= 0.3 is 0 Å². The van der Waals surface area contributed by atoms with Crippen molar-refractivity contribution in [2.24, 2.45) is 0 Å². The molecule has 2 amide bonds. The Balaban J connectivity index is 1.80. The minimum atomic E-state index is -0.355. The number of ether oxygens (including phenoxy) is 1. The zero-order valence-electron chi connectivity index (χ0n) is 14.3. The van der Waals surface area contributed by atoms with Crippen LogP contribution in [0.25, 0.3) is 6.08 Å². The van der Waals surface area contributed by atoms with Gasteiger partial charge in [0.1, 0.15) is 11.6 Å². The molecule has 6 heteroatoms. The van der Waals surface area contributed by atoms with Crippen molar-refractivity contribution in [2.45, 2.75) is 19.9 Å². The Morgan fingerprint density at radius 3 is 2.58 bits per heavy atom. The van der Waals surface area contributed by atoms with Crippen LogP contribution in [0.4, 0.5) is 9.18 Å². The summed E-state index contributed by atoms with van der Waals surface area (Å²) in [5.74, 6) is -0.0271. The summed E-state index contributed by atoms with van der Waals surface area (Å²) in [6, 6.07) is 13.2. The fraction of sp³-hybridized carbons (Fsp3) is 0.200. The average Bonchev–Trinajstić information content (AvgIpc) is 2.90. The molecule has 134 valence electrons. The Kier molecular flexibility index (Phi) is 5.73. The van der Waals surface area contributed by atoms with Gasteiger partial charge in [-0.3, -0.25) is 14.5 Å². The molecule has 2 aromatic rings. The number of hydrogen-bond acceptors (Lipinski definition) is 4. The van der Waals surface area contributed by atoms with Crippen molar-refractivity contribution >= 4 is 29.0 Å². The first-order valence-electron chi connectivity index (χ1n) is 8.30. The van der Waals surface area contributed by atoms with Crippen LogP contribution < -0.4 is 4.74 Å². The second-order valence-corrected chi connectivity index (χ2v) is 6.77. The topological polar surface area (TPSA) is 46.6 Å². The van der Waals surface area contributed by atoms with E-state index in [9.17, 15) is 14.0 Å². The zero-order valence-corrected chi connectivity index (χ0v) is 15.1. The highest BCUT2D eigenvalue weighted by Crippen LogP contribution is 2.34.